The fraction of sp³-hybridized carbons (Fsp3) is 0.100. The molecule has 0 saturated heterocycles. The molecule has 0 radical (unpaired) electrons. The second-order valence-electron chi connectivity index (χ2n) is 2.65. The summed E-state index contributed by atoms with van der Waals surface area (Å²) in [7, 11) is 0. The smallest absolute Gasteiger partial charge is 0.181 e. The zero-order chi connectivity index (χ0) is 9.10. The molecule has 3 heteroatoms. The SMILES string of the molecule is NC#CCc1ccc2ncoc2c1. The molecule has 0 aliphatic carbocycles. The van der Waals surface area contributed by atoms with E-state index >= 15 is 0 Å². The van der Waals surface area contributed by atoms with E-state index in [9.17, 15) is 0 Å². The normalized spacial score (nSPS) is 9.54. The van der Waals surface area contributed by atoms with Gasteiger partial charge < -0.3 is 10.2 Å². The minimum absolute atomic E-state index is 0.646. The van der Waals surface area contributed by atoms with Gasteiger partial charge in [0.1, 0.15) is 5.52 Å². The lowest BCUT2D eigenvalue weighted by atomic mass is 10.1. The van der Waals surface area contributed by atoms with Crippen LogP contribution in [0, 0.1) is 12.0 Å². The van der Waals surface area contributed by atoms with E-state index in [0.29, 0.717) is 6.42 Å². The minimum Gasteiger partial charge on any atom is -0.443 e. The number of aromatic nitrogens is 1. The van der Waals surface area contributed by atoms with Crippen LogP contribution < -0.4 is 5.73 Å². The molecule has 0 saturated carbocycles. The summed E-state index contributed by atoms with van der Waals surface area (Å²) in [4.78, 5) is 4.01. The van der Waals surface area contributed by atoms with Gasteiger partial charge in [-0.1, -0.05) is 12.0 Å². The van der Waals surface area contributed by atoms with Gasteiger partial charge in [-0.2, -0.15) is 0 Å². The third-order valence-corrected chi connectivity index (χ3v) is 1.79. The molecule has 1 aromatic carbocycles. The molecule has 0 bridgehead atoms. The first kappa shape index (κ1) is 7.69. The summed E-state index contributed by atoms with van der Waals surface area (Å²) < 4.78 is 5.15. The summed E-state index contributed by atoms with van der Waals surface area (Å²) in [5.41, 5.74) is 7.81. The van der Waals surface area contributed by atoms with E-state index in [2.05, 4.69) is 16.9 Å². The van der Waals surface area contributed by atoms with Crippen LogP contribution in [-0.4, -0.2) is 4.98 Å². The topological polar surface area (TPSA) is 52.0 Å². The Balaban J connectivity index is 2.40. The van der Waals surface area contributed by atoms with Crippen LogP contribution in [-0.2, 0) is 6.42 Å². The number of hydrogen-bond acceptors (Lipinski definition) is 3. The number of rotatable bonds is 1. The van der Waals surface area contributed by atoms with Crippen molar-refractivity contribution >= 4 is 11.1 Å². The Hall–Kier alpha value is -1.95. The lowest BCUT2D eigenvalue weighted by molar-refractivity contribution is 0.602. The first-order valence-corrected chi connectivity index (χ1v) is 3.91. The van der Waals surface area contributed by atoms with Gasteiger partial charge in [-0.05, 0) is 17.7 Å². The van der Waals surface area contributed by atoms with Crippen LogP contribution in [0.1, 0.15) is 5.56 Å². The summed E-state index contributed by atoms with van der Waals surface area (Å²) in [5.74, 6) is 2.79. The summed E-state index contributed by atoms with van der Waals surface area (Å²) in [5, 5.41) is 0. The van der Waals surface area contributed by atoms with E-state index in [1.165, 1.54) is 6.39 Å². The highest BCUT2D eigenvalue weighted by atomic mass is 16.3. The molecule has 2 N–H and O–H groups in total. The van der Waals surface area contributed by atoms with Gasteiger partial charge in [-0.15, -0.1) is 0 Å². The van der Waals surface area contributed by atoms with Crippen molar-refractivity contribution in [3.63, 3.8) is 0 Å². The first-order chi connectivity index (χ1) is 6.40. The first-order valence-electron chi connectivity index (χ1n) is 3.91. The van der Waals surface area contributed by atoms with E-state index in [-0.39, 0.29) is 0 Å². The molecular formula is C10H8N2O. The van der Waals surface area contributed by atoms with E-state index < -0.39 is 0 Å². The zero-order valence-electron chi connectivity index (χ0n) is 6.95. The molecule has 0 spiro atoms. The van der Waals surface area contributed by atoms with E-state index in [1.807, 2.05) is 18.2 Å². The Kier molecular flexibility index (Phi) is 1.89. The molecular weight excluding hydrogens is 164 g/mol. The Bertz CT molecular complexity index is 476. The highest BCUT2D eigenvalue weighted by Crippen LogP contribution is 2.14. The maximum absolute atomic E-state index is 5.15. The van der Waals surface area contributed by atoms with Crippen molar-refractivity contribution in [2.24, 2.45) is 5.73 Å². The monoisotopic (exact) mass is 172 g/mol. The average Bonchev–Trinajstić information content (AvgIpc) is 2.61. The number of fused-ring (bicyclic) bond motifs is 1. The quantitative estimate of drug-likeness (QED) is 0.521. The highest BCUT2D eigenvalue weighted by Gasteiger charge is 1.98. The van der Waals surface area contributed by atoms with Gasteiger partial charge in [0.2, 0.25) is 0 Å². The standard InChI is InChI=1S/C10H8N2O/c11-5-1-2-8-3-4-9-10(6-8)13-7-12-9/h3-4,6-7H,2,11H2. The molecule has 3 nitrogen and oxygen atoms in total. The third-order valence-electron chi connectivity index (χ3n) is 1.79. The van der Waals surface area contributed by atoms with Crippen molar-refractivity contribution in [3.8, 4) is 12.0 Å². The highest BCUT2D eigenvalue weighted by molar-refractivity contribution is 5.72. The van der Waals surface area contributed by atoms with Crippen LogP contribution in [0.15, 0.2) is 29.0 Å². The van der Waals surface area contributed by atoms with Gasteiger partial charge in [-0.3, -0.25) is 0 Å². The molecule has 0 aliphatic heterocycles. The number of nitrogens with two attached hydrogens (primary N) is 1. The lowest BCUT2D eigenvalue weighted by Crippen LogP contribution is -1.83. The molecule has 0 amide bonds. The molecule has 64 valence electrons. The zero-order valence-corrected chi connectivity index (χ0v) is 6.95. The van der Waals surface area contributed by atoms with Gasteiger partial charge in [0.05, 0.1) is 0 Å². The summed E-state index contributed by atoms with van der Waals surface area (Å²) in [6, 6.07) is 8.16. The van der Waals surface area contributed by atoms with Crippen LogP contribution in [0.3, 0.4) is 0 Å². The van der Waals surface area contributed by atoms with E-state index in [1.54, 1.807) is 0 Å². The molecule has 0 aliphatic rings. The summed E-state index contributed by atoms with van der Waals surface area (Å²) in [6.07, 6.45) is 2.08. The van der Waals surface area contributed by atoms with Crippen molar-refractivity contribution in [2.75, 3.05) is 0 Å². The Morgan fingerprint density at radius 1 is 1.46 bits per heavy atom. The third kappa shape index (κ3) is 1.47. The second-order valence-corrected chi connectivity index (χ2v) is 2.65. The predicted octanol–water partition coefficient (Wildman–Crippen LogP) is 1.29. The summed E-state index contributed by atoms with van der Waals surface area (Å²) in [6.45, 7) is 0. The molecule has 0 unspecified atom stereocenters. The fourth-order valence-corrected chi connectivity index (χ4v) is 1.16. The molecule has 2 aromatic rings. The van der Waals surface area contributed by atoms with Crippen LogP contribution >= 0.6 is 0 Å². The van der Waals surface area contributed by atoms with Crippen LogP contribution in [0.5, 0.6) is 0 Å². The largest absolute Gasteiger partial charge is 0.443 e. The lowest BCUT2D eigenvalue weighted by Gasteiger charge is -1.92. The van der Waals surface area contributed by atoms with Gasteiger partial charge in [0.25, 0.3) is 0 Å². The van der Waals surface area contributed by atoms with Gasteiger partial charge in [0, 0.05) is 12.5 Å². The van der Waals surface area contributed by atoms with Gasteiger partial charge in [0.15, 0.2) is 12.0 Å². The maximum Gasteiger partial charge on any atom is 0.181 e. The Labute approximate surface area is 75.6 Å². The van der Waals surface area contributed by atoms with Crippen molar-refractivity contribution in [1.29, 1.82) is 0 Å². The van der Waals surface area contributed by atoms with Crippen molar-refractivity contribution in [2.45, 2.75) is 6.42 Å². The predicted molar refractivity (Wildman–Crippen MR) is 49.7 cm³/mol. The van der Waals surface area contributed by atoms with Gasteiger partial charge in [-0.25, -0.2) is 4.98 Å². The fourth-order valence-electron chi connectivity index (χ4n) is 1.16. The number of hydrogen-bond donors (Lipinski definition) is 1. The van der Waals surface area contributed by atoms with E-state index in [4.69, 9.17) is 10.2 Å². The Morgan fingerprint density at radius 2 is 2.38 bits per heavy atom. The van der Waals surface area contributed by atoms with Crippen molar-refractivity contribution in [1.82, 2.24) is 4.98 Å². The molecule has 0 atom stereocenters. The average molecular weight is 172 g/mol. The van der Waals surface area contributed by atoms with E-state index in [0.717, 1.165) is 16.7 Å². The minimum atomic E-state index is 0.646. The van der Waals surface area contributed by atoms with Crippen LogP contribution in [0.2, 0.25) is 0 Å². The molecule has 1 heterocycles. The number of oxazole rings is 1. The second kappa shape index (κ2) is 3.20. The molecule has 2 rings (SSSR count). The maximum atomic E-state index is 5.15. The van der Waals surface area contributed by atoms with Crippen molar-refractivity contribution in [3.05, 3.63) is 30.2 Å². The Morgan fingerprint density at radius 3 is 3.23 bits per heavy atom. The van der Waals surface area contributed by atoms with Crippen LogP contribution in [0.4, 0.5) is 0 Å². The van der Waals surface area contributed by atoms with Gasteiger partial charge >= 0.3 is 0 Å². The molecule has 13 heavy (non-hydrogen) atoms. The number of benzene rings is 1. The molecule has 0 fully saturated rings. The van der Waals surface area contributed by atoms with Crippen LogP contribution in [0.25, 0.3) is 11.1 Å². The molecule has 1 aromatic heterocycles. The number of nitrogens with zero attached hydrogens (tertiary/aromatic N) is 1. The van der Waals surface area contributed by atoms with Crippen molar-refractivity contribution < 1.29 is 4.42 Å². The summed E-state index contributed by atoms with van der Waals surface area (Å²) >= 11 is 0.